The molecule has 3 aliphatic carbocycles. The van der Waals surface area contributed by atoms with Crippen molar-refractivity contribution >= 4 is 5.78 Å². The molecule has 0 aliphatic heterocycles. The van der Waals surface area contributed by atoms with Crippen LogP contribution < -0.4 is 4.74 Å². The van der Waals surface area contributed by atoms with Gasteiger partial charge < -0.3 is 4.74 Å². The Balaban J connectivity index is 1.62. The van der Waals surface area contributed by atoms with Crippen molar-refractivity contribution in [2.75, 3.05) is 6.61 Å². The second-order valence-electron chi connectivity index (χ2n) is 7.79. The van der Waals surface area contributed by atoms with Gasteiger partial charge in [0, 0.05) is 11.8 Å². The molecule has 1 aromatic rings. The standard InChI is InChI=1S/C21H26O2/c1-3-12-23-15-5-7-16-14(13-15)4-6-18-17(16)10-11-21(2)19(18)8-9-20(21)22/h3,5,7,13,17-19H,1,4,6,8-12H2,2H3. The van der Waals surface area contributed by atoms with Gasteiger partial charge in [0.2, 0.25) is 0 Å². The summed E-state index contributed by atoms with van der Waals surface area (Å²) in [6.45, 7) is 6.51. The van der Waals surface area contributed by atoms with Crippen LogP contribution in [0.3, 0.4) is 0 Å². The van der Waals surface area contributed by atoms with Crippen LogP contribution in [0.1, 0.15) is 56.1 Å². The van der Waals surface area contributed by atoms with Crippen molar-refractivity contribution in [2.45, 2.75) is 51.4 Å². The molecule has 3 aliphatic rings. The highest BCUT2D eigenvalue weighted by Crippen LogP contribution is 2.59. The zero-order valence-electron chi connectivity index (χ0n) is 14.0. The fourth-order valence-corrected chi connectivity index (χ4v) is 5.57. The van der Waals surface area contributed by atoms with Crippen LogP contribution in [-0.4, -0.2) is 12.4 Å². The fraction of sp³-hybridized carbons (Fsp3) is 0.571. The van der Waals surface area contributed by atoms with E-state index in [1.54, 1.807) is 6.08 Å². The summed E-state index contributed by atoms with van der Waals surface area (Å²) in [7, 11) is 0. The van der Waals surface area contributed by atoms with Crippen LogP contribution >= 0.6 is 0 Å². The molecule has 2 heteroatoms. The van der Waals surface area contributed by atoms with Crippen molar-refractivity contribution in [3.8, 4) is 5.75 Å². The molecule has 0 aromatic heterocycles. The van der Waals surface area contributed by atoms with Crippen molar-refractivity contribution in [2.24, 2.45) is 17.3 Å². The minimum atomic E-state index is -0.0221. The Hall–Kier alpha value is -1.57. The number of ether oxygens (including phenoxy) is 1. The molecular weight excluding hydrogens is 284 g/mol. The molecule has 0 saturated heterocycles. The summed E-state index contributed by atoms with van der Waals surface area (Å²) < 4.78 is 5.69. The summed E-state index contributed by atoms with van der Waals surface area (Å²) in [5.74, 6) is 3.45. The van der Waals surface area contributed by atoms with Gasteiger partial charge in [-0.15, -0.1) is 0 Å². The first-order valence-corrected chi connectivity index (χ1v) is 9.03. The lowest BCUT2D eigenvalue weighted by atomic mass is 9.55. The van der Waals surface area contributed by atoms with E-state index in [-0.39, 0.29) is 5.41 Å². The van der Waals surface area contributed by atoms with Gasteiger partial charge in [0.25, 0.3) is 0 Å². The highest BCUT2D eigenvalue weighted by atomic mass is 16.5. The number of carbonyl (C=O) groups is 1. The highest BCUT2D eigenvalue weighted by molar-refractivity contribution is 5.87. The van der Waals surface area contributed by atoms with Gasteiger partial charge in [0.1, 0.15) is 18.1 Å². The van der Waals surface area contributed by atoms with E-state index in [9.17, 15) is 4.79 Å². The normalized spacial score (nSPS) is 35.2. The van der Waals surface area contributed by atoms with E-state index in [1.165, 1.54) is 24.0 Å². The molecule has 2 fully saturated rings. The predicted octanol–water partition coefficient (Wildman–Crippen LogP) is 4.68. The van der Waals surface area contributed by atoms with Gasteiger partial charge in [-0.25, -0.2) is 0 Å². The number of benzene rings is 1. The number of hydrogen-bond acceptors (Lipinski definition) is 2. The van der Waals surface area contributed by atoms with Crippen molar-refractivity contribution < 1.29 is 9.53 Å². The molecular formula is C21H26O2. The Kier molecular flexibility index (Phi) is 3.59. The maximum atomic E-state index is 12.4. The molecule has 4 unspecified atom stereocenters. The second kappa shape index (κ2) is 5.51. The maximum absolute atomic E-state index is 12.4. The number of aryl methyl sites for hydroxylation is 1. The van der Waals surface area contributed by atoms with Crippen LogP contribution in [0.25, 0.3) is 0 Å². The lowest BCUT2D eigenvalue weighted by Crippen LogP contribution is -2.42. The average molecular weight is 310 g/mol. The molecule has 0 bridgehead atoms. The fourth-order valence-electron chi connectivity index (χ4n) is 5.57. The zero-order chi connectivity index (χ0) is 16.0. The lowest BCUT2D eigenvalue weighted by Gasteiger charge is -2.48. The third kappa shape index (κ3) is 2.26. The monoisotopic (exact) mass is 310 g/mol. The molecule has 0 amide bonds. The Bertz CT molecular complexity index is 647. The van der Waals surface area contributed by atoms with Gasteiger partial charge in [-0.1, -0.05) is 25.6 Å². The van der Waals surface area contributed by atoms with Crippen molar-refractivity contribution in [3.05, 3.63) is 42.0 Å². The first-order chi connectivity index (χ1) is 11.1. The molecule has 0 heterocycles. The number of rotatable bonds is 3. The van der Waals surface area contributed by atoms with Crippen LogP contribution in [0, 0.1) is 17.3 Å². The minimum absolute atomic E-state index is 0.0221. The van der Waals surface area contributed by atoms with Gasteiger partial charge in [0.05, 0.1) is 0 Å². The summed E-state index contributed by atoms with van der Waals surface area (Å²) in [5, 5.41) is 0. The smallest absolute Gasteiger partial charge is 0.139 e. The van der Waals surface area contributed by atoms with Crippen molar-refractivity contribution in [1.82, 2.24) is 0 Å². The van der Waals surface area contributed by atoms with E-state index < -0.39 is 0 Å². The predicted molar refractivity (Wildman–Crippen MR) is 91.8 cm³/mol. The molecule has 0 radical (unpaired) electrons. The molecule has 2 nitrogen and oxygen atoms in total. The molecule has 2 saturated carbocycles. The van der Waals surface area contributed by atoms with E-state index in [0.29, 0.717) is 30.1 Å². The first-order valence-electron chi connectivity index (χ1n) is 9.03. The Morgan fingerprint density at radius 3 is 3.00 bits per heavy atom. The number of hydrogen-bond donors (Lipinski definition) is 0. The maximum Gasteiger partial charge on any atom is 0.139 e. The van der Waals surface area contributed by atoms with Gasteiger partial charge in [-0.2, -0.15) is 0 Å². The van der Waals surface area contributed by atoms with E-state index in [1.807, 2.05) is 0 Å². The first kappa shape index (κ1) is 15.0. The summed E-state index contributed by atoms with van der Waals surface area (Å²) in [5.41, 5.74) is 2.96. The third-order valence-corrected chi connectivity index (χ3v) is 6.77. The Labute approximate surface area is 138 Å². The SMILES string of the molecule is C=CCOc1ccc2c(c1)CCC1C2CCC2(C)C(=O)CCC12. The van der Waals surface area contributed by atoms with Crippen molar-refractivity contribution in [1.29, 1.82) is 0 Å². The molecule has 122 valence electrons. The van der Waals surface area contributed by atoms with Gasteiger partial charge >= 0.3 is 0 Å². The highest BCUT2D eigenvalue weighted by Gasteiger charge is 2.54. The summed E-state index contributed by atoms with van der Waals surface area (Å²) >= 11 is 0. The van der Waals surface area contributed by atoms with Crippen LogP contribution in [-0.2, 0) is 11.2 Å². The van der Waals surface area contributed by atoms with Gasteiger partial charge in [-0.05, 0) is 73.1 Å². The van der Waals surface area contributed by atoms with Crippen LogP contribution in [0.5, 0.6) is 5.75 Å². The van der Waals surface area contributed by atoms with Crippen LogP contribution in [0.15, 0.2) is 30.9 Å². The summed E-state index contributed by atoms with van der Waals surface area (Å²) in [6.07, 6.45) is 8.32. The minimum Gasteiger partial charge on any atom is -0.490 e. The second-order valence-corrected chi connectivity index (χ2v) is 7.79. The summed E-state index contributed by atoms with van der Waals surface area (Å²) in [4.78, 5) is 12.4. The Morgan fingerprint density at radius 2 is 2.17 bits per heavy atom. The molecule has 1 aromatic carbocycles. The quantitative estimate of drug-likeness (QED) is 0.758. The number of ketones is 1. The largest absolute Gasteiger partial charge is 0.490 e. The topological polar surface area (TPSA) is 26.3 Å². The molecule has 4 rings (SSSR count). The van der Waals surface area contributed by atoms with E-state index in [4.69, 9.17) is 4.74 Å². The zero-order valence-corrected chi connectivity index (χ0v) is 14.0. The van der Waals surface area contributed by atoms with Crippen LogP contribution in [0.4, 0.5) is 0 Å². The van der Waals surface area contributed by atoms with E-state index >= 15 is 0 Å². The number of fused-ring (bicyclic) bond motifs is 5. The lowest BCUT2D eigenvalue weighted by molar-refractivity contribution is -0.129. The van der Waals surface area contributed by atoms with Gasteiger partial charge in [-0.3, -0.25) is 4.79 Å². The molecule has 4 atom stereocenters. The molecule has 23 heavy (non-hydrogen) atoms. The van der Waals surface area contributed by atoms with Crippen LogP contribution in [0.2, 0.25) is 0 Å². The van der Waals surface area contributed by atoms with E-state index in [0.717, 1.165) is 31.4 Å². The number of carbonyl (C=O) groups excluding carboxylic acids is 1. The average Bonchev–Trinajstić information content (AvgIpc) is 2.88. The van der Waals surface area contributed by atoms with Gasteiger partial charge in [0.15, 0.2) is 0 Å². The Morgan fingerprint density at radius 1 is 1.30 bits per heavy atom. The third-order valence-electron chi connectivity index (χ3n) is 6.77. The van der Waals surface area contributed by atoms with E-state index in [2.05, 4.69) is 31.7 Å². The van der Waals surface area contributed by atoms with Crippen molar-refractivity contribution in [3.63, 3.8) is 0 Å². The number of Topliss-reactive ketones (excluding diaryl/α,β-unsaturated/α-hetero) is 1. The molecule has 0 N–H and O–H groups in total. The molecule has 0 spiro atoms. The summed E-state index contributed by atoms with van der Waals surface area (Å²) in [6, 6.07) is 6.62.